The zero-order chi connectivity index (χ0) is 21.5. The van der Waals surface area contributed by atoms with Crippen molar-refractivity contribution in [3.8, 4) is 0 Å². The third-order valence-corrected chi connectivity index (χ3v) is 7.70. The molecule has 154 valence electrons. The van der Waals surface area contributed by atoms with Gasteiger partial charge in [0.05, 0.1) is 29.0 Å². The Labute approximate surface area is 181 Å². The zero-order valence-corrected chi connectivity index (χ0v) is 17.4. The molecule has 4 heteroatoms. The predicted molar refractivity (Wildman–Crippen MR) is 118 cm³/mol. The van der Waals surface area contributed by atoms with Crippen LogP contribution in [0, 0.1) is 18.8 Å². The first-order valence-electron chi connectivity index (χ1n) is 10.8. The summed E-state index contributed by atoms with van der Waals surface area (Å²) in [4.78, 5) is 29.3. The molecule has 1 heterocycles. The molecule has 1 N–H and O–H groups in total. The fourth-order valence-electron chi connectivity index (χ4n) is 6.59. The van der Waals surface area contributed by atoms with Crippen molar-refractivity contribution in [2.45, 2.75) is 31.3 Å². The predicted octanol–water partition coefficient (Wildman–Crippen LogP) is 3.93. The number of hydrogen-bond donors (Lipinski definition) is 1. The molecule has 7 rings (SSSR count). The van der Waals surface area contributed by atoms with Crippen molar-refractivity contribution < 1.29 is 14.7 Å². The van der Waals surface area contributed by atoms with Crippen molar-refractivity contribution in [1.29, 1.82) is 0 Å². The Bertz CT molecular complexity index is 1210. The van der Waals surface area contributed by atoms with Gasteiger partial charge in [0.15, 0.2) is 0 Å². The number of amides is 2. The first-order chi connectivity index (χ1) is 15.0. The molecule has 4 nitrogen and oxygen atoms in total. The molecular weight excluding hydrogens is 386 g/mol. The number of aryl methyl sites for hydroxylation is 1. The first-order valence-corrected chi connectivity index (χ1v) is 10.8. The van der Waals surface area contributed by atoms with Crippen LogP contribution in [-0.4, -0.2) is 23.0 Å². The van der Waals surface area contributed by atoms with Crippen LogP contribution in [0.5, 0.6) is 0 Å². The molecule has 3 atom stereocenters. The van der Waals surface area contributed by atoms with Crippen molar-refractivity contribution in [3.63, 3.8) is 0 Å². The van der Waals surface area contributed by atoms with Gasteiger partial charge in [-0.1, -0.05) is 66.7 Å². The minimum atomic E-state index is -0.948. The molecule has 0 radical (unpaired) electrons. The molecule has 2 amide bonds. The van der Waals surface area contributed by atoms with E-state index in [-0.39, 0.29) is 17.7 Å². The van der Waals surface area contributed by atoms with E-state index in [1.54, 1.807) is 6.92 Å². The number of aliphatic hydroxyl groups excluding tert-OH is 1. The van der Waals surface area contributed by atoms with Gasteiger partial charge in [0.1, 0.15) is 0 Å². The maximum atomic E-state index is 14.0. The SMILES string of the molecule is Cc1ccccc1N1C(=O)[C@@H]2C3c4ccccc4C([C@H](C)O)(c4ccccc43)[C@H]2C1=O. The summed E-state index contributed by atoms with van der Waals surface area (Å²) in [5.74, 6) is -1.72. The Morgan fingerprint density at radius 2 is 1.39 bits per heavy atom. The van der Waals surface area contributed by atoms with E-state index >= 15 is 0 Å². The fourth-order valence-corrected chi connectivity index (χ4v) is 6.59. The van der Waals surface area contributed by atoms with E-state index in [4.69, 9.17) is 0 Å². The molecule has 1 aliphatic heterocycles. The molecule has 1 fully saturated rings. The monoisotopic (exact) mass is 409 g/mol. The van der Waals surface area contributed by atoms with Crippen molar-refractivity contribution in [2.75, 3.05) is 4.90 Å². The number of anilines is 1. The summed E-state index contributed by atoms with van der Waals surface area (Å²) in [6.07, 6.45) is -0.836. The lowest BCUT2D eigenvalue weighted by Gasteiger charge is -2.55. The standard InChI is InChI=1S/C27H23NO3/c1-15-9-3-8-14-21(15)28-25(30)23-22-17-10-4-6-12-19(17)27(16(2)29,24(23)26(28)31)20-13-7-5-11-18(20)22/h3-14,16,22-24,29H,1-2H3/t16-,22?,23+,24+,27?/m0/s1. The minimum Gasteiger partial charge on any atom is -0.392 e. The third kappa shape index (κ3) is 2.04. The highest BCUT2D eigenvalue weighted by atomic mass is 16.3. The summed E-state index contributed by atoms with van der Waals surface area (Å²) in [6, 6.07) is 23.5. The van der Waals surface area contributed by atoms with Crippen molar-refractivity contribution in [2.24, 2.45) is 11.8 Å². The van der Waals surface area contributed by atoms with Gasteiger partial charge in [-0.3, -0.25) is 9.59 Å². The topological polar surface area (TPSA) is 57.6 Å². The second-order valence-corrected chi connectivity index (χ2v) is 9.00. The second-order valence-electron chi connectivity index (χ2n) is 9.00. The van der Waals surface area contributed by atoms with Crippen molar-refractivity contribution in [3.05, 3.63) is 101 Å². The molecule has 0 saturated carbocycles. The number of benzene rings is 3. The van der Waals surface area contributed by atoms with Gasteiger partial charge in [-0.2, -0.15) is 0 Å². The summed E-state index contributed by atoms with van der Waals surface area (Å²) >= 11 is 0. The summed E-state index contributed by atoms with van der Waals surface area (Å²) in [7, 11) is 0. The van der Waals surface area contributed by atoms with Crippen LogP contribution in [0.1, 0.15) is 40.7 Å². The molecular formula is C27H23NO3. The highest BCUT2D eigenvalue weighted by Gasteiger charge is 2.69. The quantitative estimate of drug-likeness (QED) is 0.653. The molecule has 1 saturated heterocycles. The van der Waals surface area contributed by atoms with Crippen LogP contribution < -0.4 is 4.90 Å². The average Bonchev–Trinajstić information content (AvgIpc) is 3.05. The zero-order valence-electron chi connectivity index (χ0n) is 17.4. The molecule has 0 spiro atoms. The van der Waals surface area contributed by atoms with Gasteiger partial charge in [0, 0.05) is 5.92 Å². The van der Waals surface area contributed by atoms with Gasteiger partial charge in [0.25, 0.3) is 0 Å². The average molecular weight is 409 g/mol. The van der Waals surface area contributed by atoms with Crippen molar-refractivity contribution >= 4 is 17.5 Å². The Kier molecular flexibility index (Phi) is 3.67. The van der Waals surface area contributed by atoms with Crippen LogP contribution in [0.2, 0.25) is 0 Å². The highest BCUT2D eigenvalue weighted by Crippen LogP contribution is 2.65. The largest absolute Gasteiger partial charge is 0.392 e. The second kappa shape index (κ2) is 6.14. The molecule has 31 heavy (non-hydrogen) atoms. The van der Waals surface area contributed by atoms with E-state index in [2.05, 4.69) is 12.1 Å². The van der Waals surface area contributed by atoms with Crippen LogP contribution in [0.15, 0.2) is 72.8 Å². The number of aliphatic hydroxyl groups is 1. The number of carbonyl (C=O) groups excluding carboxylic acids is 2. The molecule has 4 aliphatic rings. The smallest absolute Gasteiger partial charge is 0.239 e. The normalized spacial score (nSPS) is 28.9. The summed E-state index contributed by atoms with van der Waals surface area (Å²) in [6.45, 7) is 3.67. The lowest BCUT2D eigenvalue weighted by atomic mass is 9.46. The van der Waals surface area contributed by atoms with Crippen molar-refractivity contribution in [1.82, 2.24) is 0 Å². The van der Waals surface area contributed by atoms with Gasteiger partial charge in [-0.25, -0.2) is 4.90 Å². The molecule has 2 bridgehead atoms. The first kappa shape index (κ1) is 18.5. The van der Waals surface area contributed by atoms with Crippen LogP contribution in [0.4, 0.5) is 5.69 Å². The molecule has 3 aliphatic carbocycles. The van der Waals surface area contributed by atoms with E-state index in [1.165, 1.54) is 4.90 Å². The molecule has 0 unspecified atom stereocenters. The fraction of sp³-hybridized carbons (Fsp3) is 0.259. The van der Waals surface area contributed by atoms with Crippen LogP contribution >= 0.6 is 0 Å². The Morgan fingerprint density at radius 3 is 1.97 bits per heavy atom. The minimum absolute atomic E-state index is 0.164. The van der Waals surface area contributed by atoms with Gasteiger partial charge in [-0.05, 0) is 47.7 Å². The number of carbonyl (C=O) groups is 2. The Morgan fingerprint density at radius 1 is 0.839 bits per heavy atom. The number of nitrogens with zero attached hydrogens (tertiary/aromatic N) is 1. The Hall–Kier alpha value is -3.24. The van der Waals surface area contributed by atoms with Crippen LogP contribution in [-0.2, 0) is 15.0 Å². The van der Waals surface area contributed by atoms with E-state index in [0.717, 1.165) is 27.8 Å². The number of rotatable bonds is 2. The van der Waals surface area contributed by atoms with E-state index in [9.17, 15) is 14.7 Å². The molecule has 0 aromatic heterocycles. The van der Waals surface area contributed by atoms with E-state index in [1.807, 2.05) is 67.6 Å². The maximum Gasteiger partial charge on any atom is 0.239 e. The number of para-hydroxylation sites is 1. The summed E-state index contributed by atoms with van der Waals surface area (Å²) < 4.78 is 0. The summed E-state index contributed by atoms with van der Waals surface area (Å²) in [5, 5.41) is 11.3. The van der Waals surface area contributed by atoms with E-state index in [0.29, 0.717) is 5.69 Å². The lowest BCUT2D eigenvalue weighted by Crippen LogP contribution is -2.58. The number of imide groups is 1. The molecule has 3 aromatic carbocycles. The van der Waals surface area contributed by atoms with Gasteiger partial charge in [-0.15, -0.1) is 0 Å². The third-order valence-electron chi connectivity index (χ3n) is 7.70. The van der Waals surface area contributed by atoms with Gasteiger partial charge < -0.3 is 5.11 Å². The highest BCUT2D eigenvalue weighted by molar-refractivity contribution is 6.24. The lowest BCUT2D eigenvalue weighted by molar-refractivity contribution is -0.126. The van der Waals surface area contributed by atoms with Gasteiger partial charge >= 0.3 is 0 Å². The number of hydrogen-bond acceptors (Lipinski definition) is 3. The molecule has 3 aromatic rings. The maximum absolute atomic E-state index is 14.0. The van der Waals surface area contributed by atoms with Crippen LogP contribution in [0.3, 0.4) is 0 Å². The van der Waals surface area contributed by atoms with E-state index < -0.39 is 23.4 Å². The van der Waals surface area contributed by atoms with Gasteiger partial charge in [0.2, 0.25) is 11.8 Å². The van der Waals surface area contributed by atoms with Crippen LogP contribution in [0.25, 0.3) is 0 Å². The Balaban J connectivity index is 1.68. The summed E-state index contributed by atoms with van der Waals surface area (Å²) in [5.41, 5.74) is 4.63.